The maximum atomic E-state index is 13.4. The van der Waals surface area contributed by atoms with E-state index in [1.165, 1.54) is 17.7 Å². The lowest BCUT2D eigenvalue weighted by Crippen LogP contribution is -2.46. The topological polar surface area (TPSA) is 111 Å². The minimum absolute atomic E-state index is 0.0639. The summed E-state index contributed by atoms with van der Waals surface area (Å²) in [5.74, 6) is -5.75. The van der Waals surface area contributed by atoms with E-state index >= 15 is 0 Å². The van der Waals surface area contributed by atoms with Gasteiger partial charge in [-0.15, -0.1) is 0 Å². The molecule has 1 aromatic heterocycles. The fraction of sp³-hybridized carbons (Fsp3) is 0.417. The van der Waals surface area contributed by atoms with Crippen molar-refractivity contribution in [3.05, 3.63) is 65.7 Å². The number of hydrogen-bond acceptors (Lipinski definition) is 5. The minimum Gasteiger partial charge on any atom is -0.475 e. The number of benzene rings is 1. The van der Waals surface area contributed by atoms with Gasteiger partial charge in [-0.05, 0) is 62.3 Å². The molecular formula is C24H26F7N3O5. The zero-order chi connectivity index (χ0) is 30.0. The molecule has 2 aromatic rings. The Morgan fingerprint density at radius 1 is 0.949 bits per heavy atom. The highest BCUT2D eigenvalue weighted by Crippen LogP contribution is 2.26. The fourth-order valence-electron chi connectivity index (χ4n) is 3.68. The van der Waals surface area contributed by atoms with Crippen molar-refractivity contribution in [2.24, 2.45) is 0 Å². The molecule has 8 nitrogen and oxygen atoms in total. The molecule has 1 saturated heterocycles. The molecule has 1 amide bonds. The van der Waals surface area contributed by atoms with E-state index in [1.54, 1.807) is 24.5 Å². The molecule has 216 valence electrons. The maximum Gasteiger partial charge on any atom is 0.490 e. The molecule has 0 saturated carbocycles. The summed E-state index contributed by atoms with van der Waals surface area (Å²) in [6.07, 6.45) is -4.59. The average Bonchev–Trinajstić information content (AvgIpc) is 3.23. The third-order valence-electron chi connectivity index (χ3n) is 5.42. The molecule has 1 fully saturated rings. The van der Waals surface area contributed by atoms with Crippen molar-refractivity contribution >= 4 is 17.8 Å². The summed E-state index contributed by atoms with van der Waals surface area (Å²) in [6, 6.07) is 10.7. The van der Waals surface area contributed by atoms with Crippen LogP contribution >= 0.6 is 0 Å². The third kappa shape index (κ3) is 11.7. The number of carboxylic acid groups (broad SMARTS) is 2. The molecule has 1 aliphatic heterocycles. The Labute approximate surface area is 218 Å². The van der Waals surface area contributed by atoms with Gasteiger partial charge in [0.05, 0.1) is 12.5 Å². The second-order valence-corrected chi connectivity index (χ2v) is 8.45. The van der Waals surface area contributed by atoms with Crippen molar-refractivity contribution in [3.8, 4) is 0 Å². The molecule has 0 spiro atoms. The summed E-state index contributed by atoms with van der Waals surface area (Å²) >= 11 is 0. The number of pyridine rings is 1. The van der Waals surface area contributed by atoms with Crippen molar-refractivity contribution < 1.29 is 55.3 Å². The number of aliphatic carboxylic acids is 2. The molecule has 39 heavy (non-hydrogen) atoms. The van der Waals surface area contributed by atoms with Gasteiger partial charge in [0.25, 0.3) is 0 Å². The molecule has 0 aliphatic carbocycles. The summed E-state index contributed by atoms with van der Waals surface area (Å²) < 4.78 is 76.9. The van der Waals surface area contributed by atoms with Crippen LogP contribution in [-0.4, -0.2) is 87.9 Å². The van der Waals surface area contributed by atoms with Crippen LogP contribution < -0.4 is 0 Å². The molecule has 3 rings (SSSR count). The van der Waals surface area contributed by atoms with Gasteiger partial charge in [-0.1, -0.05) is 12.1 Å². The molecule has 1 aliphatic rings. The molecule has 15 heteroatoms. The monoisotopic (exact) mass is 569 g/mol. The standard InChI is InChI=1S/C20H24FN3O.2C2HF3O2/c1-23(2)18-8-11-24(19(18)13-15-6-9-22-10-7-15)20(25)14-16-4-3-5-17(21)12-16;2*3-2(4,5)1(6)7/h3-7,9-10,12,18-19H,8,11,13-14H2,1-2H3;2*(H,6,7)/t18-,19+;;/m1../s1. The highest BCUT2D eigenvalue weighted by atomic mass is 19.4. The van der Waals surface area contributed by atoms with E-state index in [0.29, 0.717) is 6.04 Å². The maximum absolute atomic E-state index is 13.4. The van der Waals surface area contributed by atoms with Crippen LogP contribution in [0.2, 0.25) is 0 Å². The number of likely N-dealkylation sites (N-methyl/N-ethyl adjacent to an activating group) is 1. The lowest BCUT2D eigenvalue weighted by molar-refractivity contribution is -0.193. The zero-order valence-corrected chi connectivity index (χ0v) is 20.7. The molecule has 0 radical (unpaired) electrons. The number of likely N-dealkylation sites (tertiary alicyclic amines) is 1. The predicted octanol–water partition coefficient (Wildman–Crippen LogP) is 3.80. The van der Waals surface area contributed by atoms with Gasteiger partial charge in [0.2, 0.25) is 5.91 Å². The highest BCUT2D eigenvalue weighted by molar-refractivity contribution is 5.79. The number of carboxylic acids is 2. The normalized spacial score (nSPS) is 17.0. The van der Waals surface area contributed by atoms with Crippen molar-refractivity contribution in [1.29, 1.82) is 0 Å². The third-order valence-corrected chi connectivity index (χ3v) is 5.42. The Kier molecular flexibility index (Phi) is 12.3. The SMILES string of the molecule is CN(C)[C@@H]1CCN(C(=O)Cc2cccc(F)c2)[C@H]1Cc1ccncc1.O=C(O)C(F)(F)F.O=C(O)C(F)(F)F. The van der Waals surface area contributed by atoms with Crippen molar-refractivity contribution in [3.63, 3.8) is 0 Å². The summed E-state index contributed by atoms with van der Waals surface area (Å²) in [6.45, 7) is 0.743. The van der Waals surface area contributed by atoms with Gasteiger partial charge >= 0.3 is 24.3 Å². The van der Waals surface area contributed by atoms with E-state index in [2.05, 4.69) is 24.0 Å². The Bertz CT molecular complexity index is 1070. The molecule has 2 heterocycles. The Morgan fingerprint density at radius 2 is 1.46 bits per heavy atom. The number of nitrogens with zero attached hydrogens (tertiary/aromatic N) is 3. The summed E-state index contributed by atoms with van der Waals surface area (Å²) in [4.78, 5) is 38.9. The van der Waals surface area contributed by atoms with E-state index < -0.39 is 24.3 Å². The smallest absolute Gasteiger partial charge is 0.475 e. The van der Waals surface area contributed by atoms with Crippen molar-refractivity contribution in [2.75, 3.05) is 20.6 Å². The van der Waals surface area contributed by atoms with Gasteiger partial charge in [-0.3, -0.25) is 9.78 Å². The van der Waals surface area contributed by atoms with E-state index in [-0.39, 0.29) is 24.2 Å². The first-order valence-electron chi connectivity index (χ1n) is 11.1. The first kappa shape index (κ1) is 33.3. The number of carbonyl (C=O) groups excluding carboxylic acids is 1. The Balaban J connectivity index is 0.000000449. The predicted molar refractivity (Wildman–Crippen MR) is 123 cm³/mol. The Morgan fingerprint density at radius 3 is 1.90 bits per heavy atom. The Hall–Kier alpha value is -3.75. The van der Waals surface area contributed by atoms with Crippen LogP contribution in [0.15, 0.2) is 48.8 Å². The summed E-state index contributed by atoms with van der Waals surface area (Å²) in [5, 5.41) is 14.2. The van der Waals surface area contributed by atoms with Crippen LogP contribution in [0.3, 0.4) is 0 Å². The van der Waals surface area contributed by atoms with Crippen LogP contribution in [0.25, 0.3) is 0 Å². The first-order chi connectivity index (χ1) is 17.9. The quantitative estimate of drug-likeness (QED) is 0.527. The van der Waals surface area contributed by atoms with Gasteiger partial charge in [0, 0.05) is 25.0 Å². The molecule has 0 unspecified atom stereocenters. The zero-order valence-electron chi connectivity index (χ0n) is 20.7. The number of hydrogen-bond donors (Lipinski definition) is 2. The number of alkyl halides is 6. The summed E-state index contributed by atoms with van der Waals surface area (Å²) in [7, 11) is 4.12. The number of halogens is 7. The second kappa shape index (κ2) is 14.4. The van der Waals surface area contributed by atoms with E-state index in [9.17, 15) is 35.5 Å². The summed E-state index contributed by atoms with van der Waals surface area (Å²) in [5.41, 5.74) is 1.90. The lowest BCUT2D eigenvalue weighted by Gasteiger charge is -2.31. The van der Waals surface area contributed by atoms with Gasteiger partial charge in [-0.25, -0.2) is 14.0 Å². The van der Waals surface area contributed by atoms with Crippen LogP contribution in [0.1, 0.15) is 17.5 Å². The van der Waals surface area contributed by atoms with Gasteiger partial charge in [-0.2, -0.15) is 26.3 Å². The average molecular weight is 569 g/mol. The molecule has 0 bridgehead atoms. The molecular weight excluding hydrogens is 543 g/mol. The number of amides is 1. The van der Waals surface area contributed by atoms with E-state index in [1.807, 2.05) is 17.0 Å². The molecule has 2 N–H and O–H groups in total. The first-order valence-corrected chi connectivity index (χ1v) is 11.1. The highest BCUT2D eigenvalue weighted by Gasteiger charge is 2.39. The fourth-order valence-corrected chi connectivity index (χ4v) is 3.68. The van der Waals surface area contributed by atoms with Gasteiger partial charge < -0.3 is 20.0 Å². The van der Waals surface area contributed by atoms with Crippen molar-refractivity contribution in [1.82, 2.24) is 14.8 Å². The lowest BCUT2D eigenvalue weighted by atomic mass is 9.99. The van der Waals surface area contributed by atoms with Crippen LogP contribution in [0.4, 0.5) is 30.7 Å². The van der Waals surface area contributed by atoms with Gasteiger partial charge in [0.1, 0.15) is 5.82 Å². The van der Waals surface area contributed by atoms with Crippen LogP contribution in [-0.2, 0) is 27.2 Å². The molecule has 2 atom stereocenters. The number of aromatic nitrogens is 1. The van der Waals surface area contributed by atoms with E-state index in [0.717, 1.165) is 24.9 Å². The molecule has 1 aromatic carbocycles. The van der Waals surface area contributed by atoms with Gasteiger partial charge in [0.15, 0.2) is 0 Å². The van der Waals surface area contributed by atoms with E-state index in [4.69, 9.17) is 19.8 Å². The number of rotatable bonds is 5. The largest absolute Gasteiger partial charge is 0.490 e. The van der Waals surface area contributed by atoms with Crippen molar-refractivity contribution in [2.45, 2.75) is 43.7 Å². The van der Waals surface area contributed by atoms with Crippen LogP contribution in [0.5, 0.6) is 0 Å². The minimum atomic E-state index is -5.08. The van der Waals surface area contributed by atoms with Crippen LogP contribution in [0, 0.1) is 5.82 Å². The second-order valence-electron chi connectivity index (χ2n) is 8.45. The number of carbonyl (C=O) groups is 3.